The summed E-state index contributed by atoms with van der Waals surface area (Å²) in [6.45, 7) is 5.05. The number of amides is 1. The van der Waals surface area contributed by atoms with Gasteiger partial charge in [0.1, 0.15) is 5.82 Å². The molecule has 3 heterocycles. The third-order valence-corrected chi connectivity index (χ3v) is 8.56. The molecule has 4 nitrogen and oxygen atoms in total. The molecule has 178 valence electrons. The zero-order valence-corrected chi connectivity index (χ0v) is 20.0. The first-order valence-corrected chi connectivity index (χ1v) is 12.9. The maximum atomic E-state index is 13.6. The van der Waals surface area contributed by atoms with Crippen molar-refractivity contribution in [1.82, 2.24) is 14.4 Å². The minimum absolute atomic E-state index is 0.156. The van der Waals surface area contributed by atoms with Crippen LogP contribution in [0.5, 0.6) is 0 Å². The van der Waals surface area contributed by atoms with Crippen LogP contribution in [-0.2, 0) is 7.05 Å². The van der Waals surface area contributed by atoms with Gasteiger partial charge in [0.05, 0.1) is 11.1 Å². The minimum Gasteiger partial charge on any atom is -0.350 e. The van der Waals surface area contributed by atoms with Gasteiger partial charge in [-0.3, -0.25) is 4.79 Å². The Morgan fingerprint density at radius 2 is 1.74 bits per heavy atom. The summed E-state index contributed by atoms with van der Waals surface area (Å²) in [5, 5.41) is 1.13. The standard InChI is InChI=1S/C29H34FN3O/c1-31-14-11-23-3-2-4-26(28(23)31)29(34)33-18-24(27(19-33)22-5-6-22)17-32-15-12-21(13-16-32)20-7-9-25(30)10-8-20/h2-4,7-11,14,21-22,24,27H,5-6,12-13,15-19H2,1H3/t24-,27+/m1/s1. The highest BCUT2D eigenvalue weighted by Gasteiger charge is 2.44. The summed E-state index contributed by atoms with van der Waals surface area (Å²) >= 11 is 0. The maximum Gasteiger partial charge on any atom is 0.256 e. The van der Waals surface area contributed by atoms with Crippen molar-refractivity contribution in [3.05, 3.63) is 71.7 Å². The molecule has 0 radical (unpaired) electrons. The number of para-hydroxylation sites is 1. The molecule has 2 atom stereocenters. The summed E-state index contributed by atoms with van der Waals surface area (Å²) in [4.78, 5) is 18.4. The molecule has 3 fully saturated rings. The lowest BCUT2D eigenvalue weighted by Gasteiger charge is -2.34. The summed E-state index contributed by atoms with van der Waals surface area (Å²) in [6.07, 6.45) is 6.94. The van der Waals surface area contributed by atoms with Gasteiger partial charge < -0.3 is 14.4 Å². The Morgan fingerprint density at radius 1 is 0.971 bits per heavy atom. The molecule has 5 heteroatoms. The molecule has 6 rings (SSSR count). The number of hydrogen-bond acceptors (Lipinski definition) is 2. The fourth-order valence-electron chi connectivity index (χ4n) is 6.53. The Morgan fingerprint density at radius 3 is 2.47 bits per heavy atom. The smallest absolute Gasteiger partial charge is 0.256 e. The largest absolute Gasteiger partial charge is 0.350 e. The number of piperidine rings is 1. The van der Waals surface area contributed by atoms with Crippen LogP contribution >= 0.6 is 0 Å². The zero-order valence-electron chi connectivity index (χ0n) is 20.0. The number of carbonyl (C=O) groups excluding carboxylic acids is 1. The second-order valence-corrected chi connectivity index (χ2v) is 10.8. The Hall–Kier alpha value is -2.66. The summed E-state index contributed by atoms with van der Waals surface area (Å²) < 4.78 is 15.4. The van der Waals surface area contributed by atoms with Crippen molar-refractivity contribution in [2.45, 2.75) is 31.6 Å². The predicted molar refractivity (Wildman–Crippen MR) is 133 cm³/mol. The van der Waals surface area contributed by atoms with Gasteiger partial charge in [-0.1, -0.05) is 24.3 Å². The Labute approximate surface area is 201 Å². The van der Waals surface area contributed by atoms with Crippen molar-refractivity contribution in [2.24, 2.45) is 24.8 Å². The van der Waals surface area contributed by atoms with Crippen molar-refractivity contribution in [1.29, 1.82) is 0 Å². The van der Waals surface area contributed by atoms with E-state index in [0.29, 0.717) is 17.8 Å². The van der Waals surface area contributed by atoms with E-state index in [4.69, 9.17) is 0 Å². The molecule has 0 N–H and O–H groups in total. The average Bonchev–Trinajstić information content (AvgIpc) is 3.51. The number of hydrogen-bond donors (Lipinski definition) is 0. The normalized spacial score (nSPS) is 24.2. The molecule has 3 aromatic rings. The number of carbonyl (C=O) groups is 1. The first kappa shape index (κ1) is 21.8. The number of aryl methyl sites for hydroxylation is 1. The van der Waals surface area contributed by atoms with Crippen molar-refractivity contribution >= 4 is 16.8 Å². The third kappa shape index (κ3) is 4.15. The van der Waals surface area contributed by atoms with Crippen LogP contribution in [0, 0.1) is 23.6 Å². The van der Waals surface area contributed by atoms with Crippen LogP contribution in [0.2, 0.25) is 0 Å². The van der Waals surface area contributed by atoms with Crippen LogP contribution in [0.25, 0.3) is 10.9 Å². The van der Waals surface area contributed by atoms with Crippen LogP contribution in [0.4, 0.5) is 4.39 Å². The average molecular weight is 460 g/mol. The molecular weight excluding hydrogens is 425 g/mol. The van der Waals surface area contributed by atoms with Crippen molar-refractivity contribution in [3.63, 3.8) is 0 Å². The van der Waals surface area contributed by atoms with E-state index in [1.54, 1.807) is 12.1 Å². The van der Waals surface area contributed by atoms with E-state index in [9.17, 15) is 9.18 Å². The van der Waals surface area contributed by atoms with Gasteiger partial charge in [-0.2, -0.15) is 0 Å². The monoisotopic (exact) mass is 459 g/mol. The van der Waals surface area contributed by atoms with E-state index < -0.39 is 0 Å². The van der Waals surface area contributed by atoms with Gasteiger partial charge in [-0.15, -0.1) is 0 Å². The number of fused-ring (bicyclic) bond motifs is 1. The number of nitrogens with zero attached hydrogens (tertiary/aromatic N) is 3. The fourth-order valence-corrected chi connectivity index (χ4v) is 6.53. The summed E-state index contributed by atoms with van der Waals surface area (Å²) in [7, 11) is 2.02. The van der Waals surface area contributed by atoms with E-state index in [2.05, 4.69) is 26.5 Å². The fraction of sp³-hybridized carbons (Fsp3) is 0.483. The van der Waals surface area contributed by atoms with E-state index in [1.807, 2.05) is 37.5 Å². The first-order chi connectivity index (χ1) is 16.6. The lowest BCUT2D eigenvalue weighted by molar-refractivity contribution is 0.0781. The lowest BCUT2D eigenvalue weighted by atomic mass is 9.87. The number of aromatic nitrogens is 1. The number of benzene rings is 2. The molecule has 1 aliphatic carbocycles. The van der Waals surface area contributed by atoms with E-state index in [-0.39, 0.29) is 11.7 Å². The van der Waals surface area contributed by atoms with Gasteiger partial charge in [-0.05, 0) is 92.3 Å². The van der Waals surface area contributed by atoms with E-state index in [1.165, 1.54) is 18.4 Å². The maximum absolute atomic E-state index is 13.6. The molecule has 1 saturated carbocycles. The van der Waals surface area contributed by atoms with Gasteiger partial charge >= 0.3 is 0 Å². The molecule has 0 spiro atoms. The Balaban J connectivity index is 1.12. The highest BCUT2D eigenvalue weighted by Crippen LogP contribution is 2.45. The zero-order chi connectivity index (χ0) is 23.2. The van der Waals surface area contributed by atoms with Gasteiger partial charge in [0.15, 0.2) is 0 Å². The quantitative estimate of drug-likeness (QED) is 0.518. The SMILES string of the molecule is Cn1ccc2cccc(C(=O)N3C[C@@H](CN4CCC(c5ccc(F)cc5)CC4)[C@H](C4CC4)C3)c21. The van der Waals surface area contributed by atoms with E-state index >= 15 is 0 Å². The number of halogens is 1. The molecule has 34 heavy (non-hydrogen) atoms. The van der Waals surface area contributed by atoms with Crippen molar-refractivity contribution in [2.75, 3.05) is 32.7 Å². The topological polar surface area (TPSA) is 28.5 Å². The van der Waals surface area contributed by atoms with Crippen LogP contribution in [-0.4, -0.2) is 53.0 Å². The first-order valence-electron chi connectivity index (χ1n) is 12.9. The summed E-state index contributed by atoms with van der Waals surface area (Å²) in [6, 6.07) is 15.2. The van der Waals surface area contributed by atoms with E-state index in [0.717, 1.165) is 67.9 Å². The van der Waals surface area contributed by atoms with Crippen molar-refractivity contribution in [3.8, 4) is 0 Å². The minimum atomic E-state index is -0.156. The van der Waals surface area contributed by atoms with Crippen LogP contribution in [0.3, 0.4) is 0 Å². The molecular formula is C29H34FN3O. The Kier molecular flexibility index (Phi) is 5.68. The molecule has 0 bridgehead atoms. The van der Waals surface area contributed by atoms with Crippen LogP contribution in [0.1, 0.15) is 47.5 Å². The summed E-state index contributed by atoms with van der Waals surface area (Å²) in [5.74, 6) is 2.55. The van der Waals surface area contributed by atoms with Gasteiger partial charge in [0, 0.05) is 38.3 Å². The summed E-state index contributed by atoms with van der Waals surface area (Å²) in [5.41, 5.74) is 3.14. The molecule has 2 aliphatic heterocycles. The highest BCUT2D eigenvalue weighted by atomic mass is 19.1. The van der Waals surface area contributed by atoms with Gasteiger partial charge in [-0.25, -0.2) is 4.39 Å². The number of rotatable bonds is 5. The molecule has 3 aliphatic rings. The highest BCUT2D eigenvalue weighted by molar-refractivity contribution is 6.06. The molecule has 2 saturated heterocycles. The second kappa shape index (κ2) is 8.84. The lowest BCUT2D eigenvalue weighted by Crippen LogP contribution is -2.39. The molecule has 0 unspecified atom stereocenters. The molecule has 1 amide bonds. The second-order valence-electron chi connectivity index (χ2n) is 10.8. The predicted octanol–water partition coefficient (Wildman–Crippen LogP) is 5.30. The van der Waals surface area contributed by atoms with Crippen LogP contribution in [0.15, 0.2) is 54.7 Å². The third-order valence-electron chi connectivity index (χ3n) is 8.56. The van der Waals surface area contributed by atoms with Crippen molar-refractivity contribution < 1.29 is 9.18 Å². The van der Waals surface area contributed by atoms with Gasteiger partial charge in [0.2, 0.25) is 0 Å². The van der Waals surface area contributed by atoms with Crippen LogP contribution < -0.4 is 0 Å². The molecule has 2 aromatic carbocycles. The van der Waals surface area contributed by atoms with Gasteiger partial charge in [0.25, 0.3) is 5.91 Å². The molecule has 1 aromatic heterocycles. The Bertz CT molecular complexity index is 1170. The number of likely N-dealkylation sites (tertiary alicyclic amines) is 2.